The predicted octanol–water partition coefficient (Wildman–Crippen LogP) is 2.42. The van der Waals surface area contributed by atoms with Gasteiger partial charge in [-0.2, -0.15) is 0 Å². The van der Waals surface area contributed by atoms with Gasteiger partial charge in [-0.3, -0.25) is 9.59 Å². The number of carbonyl (C=O) groups excluding carboxylic acids is 1. The molecule has 1 aliphatic rings. The summed E-state index contributed by atoms with van der Waals surface area (Å²) in [5, 5.41) is 1.60. The van der Waals surface area contributed by atoms with Gasteiger partial charge < -0.3 is 9.88 Å². The first kappa shape index (κ1) is 12.2. The second-order valence-electron chi connectivity index (χ2n) is 4.60. The highest BCUT2D eigenvalue weighted by molar-refractivity contribution is 7.07. The second-order valence-corrected chi connectivity index (χ2v) is 5.45. The summed E-state index contributed by atoms with van der Waals surface area (Å²) < 4.78 is 0. The molecule has 2 heterocycles. The van der Waals surface area contributed by atoms with Crippen LogP contribution in [0, 0.1) is 0 Å². The number of anilines is 1. The quantitative estimate of drug-likeness (QED) is 0.868. The zero-order chi connectivity index (χ0) is 13.2. The van der Waals surface area contributed by atoms with Crippen molar-refractivity contribution in [2.75, 3.05) is 11.4 Å². The van der Waals surface area contributed by atoms with Crippen LogP contribution in [-0.2, 0) is 6.42 Å². The molecule has 0 fully saturated rings. The second kappa shape index (κ2) is 5.01. The average molecular weight is 274 g/mol. The lowest BCUT2D eigenvalue weighted by Crippen LogP contribution is -2.32. The minimum atomic E-state index is -0.188. The molecule has 0 aliphatic carbocycles. The number of hydrogen-bond donors (Lipinski definition) is 1. The summed E-state index contributed by atoms with van der Waals surface area (Å²) in [6.07, 6.45) is 3.07. The number of carbonyl (C=O) groups is 1. The summed E-state index contributed by atoms with van der Waals surface area (Å²) in [7, 11) is 0. The Hall–Kier alpha value is -1.88. The molecule has 0 atom stereocenters. The van der Waals surface area contributed by atoms with Gasteiger partial charge in [-0.05, 0) is 30.9 Å². The van der Waals surface area contributed by atoms with Crippen molar-refractivity contribution in [3.05, 3.63) is 50.6 Å². The maximum absolute atomic E-state index is 12.5. The highest BCUT2D eigenvalue weighted by atomic mass is 32.1. The SMILES string of the molecule is O=C(c1csc(=O)[nH]1)N1CCCCc2ccccc21. The third-order valence-corrected chi connectivity index (χ3v) is 4.03. The van der Waals surface area contributed by atoms with Crippen molar-refractivity contribution in [3.63, 3.8) is 0 Å². The van der Waals surface area contributed by atoms with E-state index in [0.29, 0.717) is 12.2 Å². The van der Waals surface area contributed by atoms with Gasteiger partial charge in [0.15, 0.2) is 0 Å². The number of H-pyrrole nitrogens is 1. The molecule has 0 unspecified atom stereocenters. The van der Waals surface area contributed by atoms with Crippen LogP contribution < -0.4 is 9.77 Å². The number of aromatic nitrogens is 1. The average Bonchev–Trinajstić information content (AvgIpc) is 2.74. The molecule has 98 valence electrons. The summed E-state index contributed by atoms with van der Waals surface area (Å²) in [4.78, 5) is 27.9. The van der Waals surface area contributed by atoms with Gasteiger partial charge in [0.2, 0.25) is 0 Å². The number of aromatic amines is 1. The number of fused-ring (bicyclic) bond motifs is 1. The van der Waals surface area contributed by atoms with Crippen LogP contribution in [0.2, 0.25) is 0 Å². The van der Waals surface area contributed by atoms with E-state index in [9.17, 15) is 9.59 Å². The Morgan fingerprint density at radius 2 is 2.11 bits per heavy atom. The van der Waals surface area contributed by atoms with E-state index in [1.807, 2.05) is 18.2 Å². The molecule has 19 heavy (non-hydrogen) atoms. The zero-order valence-electron chi connectivity index (χ0n) is 10.4. The molecule has 0 bridgehead atoms. The van der Waals surface area contributed by atoms with Crippen molar-refractivity contribution >= 4 is 22.9 Å². The summed E-state index contributed by atoms with van der Waals surface area (Å²) in [6.45, 7) is 0.702. The van der Waals surface area contributed by atoms with E-state index in [1.165, 1.54) is 5.56 Å². The minimum Gasteiger partial charge on any atom is -0.308 e. The van der Waals surface area contributed by atoms with Gasteiger partial charge in [0.25, 0.3) is 5.91 Å². The number of rotatable bonds is 1. The largest absolute Gasteiger partial charge is 0.308 e. The molecule has 0 saturated carbocycles. The van der Waals surface area contributed by atoms with Crippen LogP contribution in [0.25, 0.3) is 0 Å². The first-order valence-electron chi connectivity index (χ1n) is 6.33. The van der Waals surface area contributed by atoms with Crippen LogP contribution in [0.3, 0.4) is 0 Å². The number of thiazole rings is 1. The fourth-order valence-corrected chi connectivity index (χ4v) is 2.99. The van der Waals surface area contributed by atoms with Gasteiger partial charge in [0.05, 0.1) is 0 Å². The van der Waals surface area contributed by atoms with Crippen molar-refractivity contribution in [2.45, 2.75) is 19.3 Å². The lowest BCUT2D eigenvalue weighted by atomic mass is 10.1. The Balaban J connectivity index is 2.00. The van der Waals surface area contributed by atoms with Gasteiger partial charge in [-0.1, -0.05) is 29.5 Å². The highest BCUT2D eigenvalue weighted by Gasteiger charge is 2.22. The van der Waals surface area contributed by atoms with E-state index in [0.717, 1.165) is 36.3 Å². The third-order valence-electron chi connectivity index (χ3n) is 3.36. The van der Waals surface area contributed by atoms with Crippen molar-refractivity contribution in [1.82, 2.24) is 4.98 Å². The minimum absolute atomic E-state index is 0.118. The van der Waals surface area contributed by atoms with Gasteiger partial charge in [0.1, 0.15) is 5.69 Å². The van der Waals surface area contributed by atoms with E-state index in [4.69, 9.17) is 0 Å². The maximum atomic E-state index is 12.5. The smallest absolute Gasteiger partial charge is 0.305 e. The fourth-order valence-electron chi connectivity index (χ4n) is 2.43. The fraction of sp³-hybridized carbons (Fsp3) is 0.286. The molecule has 1 aromatic heterocycles. The molecule has 1 amide bonds. The number of benzene rings is 1. The summed E-state index contributed by atoms with van der Waals surface area (Å²) in [5.41, 5.74) is 2.55. The van der Waals surface area contributed by atoms with E-state index in [2.05, 4.69) is 11.1 Å². The third kappa shape index (κ3) is 2.33. The standard InChI is InChI=1S/C14H14N2O2S/c17-13(11-9-19-14(18)15-11)16-8-4-3-6-10-5-1-2-7-12(10)16/h1-2,5,7,9H,3-4,6,8H2,(H,15,18). The van der Waals surface area contributed by atoms with Crippen LogP contribution in [0.5, 0.6) is 0 Å². The molecule has 1 aliphatic heterocycles. The van der Waals surface area contributed by atoms with Gasteiger partial charge in [-0.15, -0.1) is 0 Å². The first-order chi connectivity index (χ1) is 9.25. The van der Waals surface area contributed by atoms with Crippen LogP contribution in [0.15, 0.2) is 34.4 Å². The number of nitrogens with one attached hydrogen (secondary N) is 1. The normalized spacial score (nSPS) is 14.8. The topological polar surface area (TPSA) is 53.2 Å². The zero-order valence-corrected chi connectivity index (χ0v) is 11.2. The number of amides is 1. The van der Waals surface area contributed by atoms with Crippen molar-refractivity contribution in [3.8, 4) is 0 Å². The Morgan fingerprint density at radius 1 is 1.26 bits per heavy atom. The molecular weight excluding hydrogens is 260 g/mol. The van der Waals surface area contributed by atoms with Gasteiger partial charge >= 0.3 is 4.87 Å². The molecule has 0 radical (unpaired) electrons. The first-order valence-corrected chi connectivity index (χ1v) is 7.21. The molecule has 2 aromatic rings. The Bertz CT molecular complexity index is 659. The molecule has 3 rings (SSSR count). The van der Waals surface area contributed by atoms with Crippen molar-refractivity contribution < 1.29 is 4.79 Å². The number of hydrogen-bond acceptors (Lipinski definition) is 3. The molecule has 1 N–H and O–H groups in total. The molecule has 1 aromatic carbocycles. The van der Waals surface area contributed by atoms with Crippen LogP contribution >= 0.6 is 11.3 Å². The predicted molar refractivity (Wildman–Crippen MR) is 76.0 cm³/mol. The Kier molecular flexibility index (Phi) is 3.21. The van der Waals surface area contributed by atoms with Crippen LogP contribution in [0.4, 0.5) is 5.69 Å². The number of aryl methyl sites for hydroxylation is 1. The molecule has 5 heteroatoms. The van der Waals surface area contributed by atoms with Gasteiger partial charge in [0, 0.05) is 17.6 Å². The van der Waals surface area contributed by atoms with Crippen molar-refractivity contribution in [1.29, 1.82) is 0 Å². The van der Waals surface area contributed by atoms with E-state index >= 15 is 0 Å². The maximum Gasteiger partial charge on any atom is 0.305 e. The van der Waals surface area contributed by atoms with Crippen LogP contribution in [-0.4, -0.2) is 17.4 Å². The monoisotopic (exact) mass is 274 g/mol. The van der Waals surface area contributed by atoms with E-state index in [-0.39, 0.29) is 10.8 Å². The highest BCUT2D eigenvalue weighted by Crippen LogP contribution is 2.27. The summed E-state index contributed by atoms with van der Waals surface area (Å²) in [5.74, 6) is -0.118. The van der Waals surface area contributed by atoms with Crippen molar-refractivity contribution in [2.24, 2.45) is 0 Å². The molecule has 4 nitrogen and oxygen atoms in total. The summed E-state index contributed by atoms with van der Waals surface area (Å²) >= 11 is 1.02. The van der Waals surface area contributed by atoms with E-state index < -0.39 is 0 Å². The van der Waals surface area contributed by atoms with Crippen LogP contribution in [0.1, 0.15) is 28.9 Å². The number of para-hydroxylation sites is 1. The summed E-state index contributed by atoms with van der Waals surface area (Å²) in [6, 6.07) is 7.99. The molecule has 0 saturated heterocycles. The van der Waals surface area contributed by atoms with Gasteiger partial charge in [-0.25, -0.2) is 0 Å². The lowest BCUT2D eigenvalue weighted by Gasteiger charge is -2.22. The Morgan fingerprint density at radius 3 is 2.89 bits per heavy atom. The lowest BCUT2D eigenvalue weighted by molar-refractivity contribution is 0.0982. The Labute approximate surface area is 114 Å². The number of nitrogens with zero attached hydrogens (tertiary/aromatic N) is 1. The molecule has 0 spiro atoms. The van der Waals surface area contributed by atoms with E-state index in [1.54, 1.807) is 10.3 Å². The molecular formula is C14H14N2O2S.